The second-order valence-corrected chi connectivity index (χ2v) is 2.43. The van der Waals surface area contributed by atoms with E-state index in [4.69, 9.17) is 5.11 Å². The normalized spacial score (nSPS) is 25.5. The van der Waals surface area contributed by atoms with Crippen LogP contribution in [-0.2, 0) is 4.79 Å². The molecule has 1 aliphatic heterocycles. The van der Waals surface area contributed by atoms with Crippen LogP contribution in [0.4, 0.5) is 0 Å². The number of carbonyl (C=O) groups is 1. The van der Waals surface area contributed by atoms with Crippen LogP contribution in [-0.4, -0.2) is 16.9 Å². The highest BCUT2D eigenvalue weighted by Crippen LogP contribution is 2.08. The van der Waals surface area contributed by atoms with Crippen molar-refractivity contribution in [3.8, 4) is 0 Å². The van der Waals surface area contributed by atoms with E-state index in [1.807, 2.05) is 6.92 Å². The zero-order chi connectivity index (χ0) is 7.56. The van der Waals surface area contributed by atoms with Crippen molar-refractivity contribution >= 4 is 5.78 Å². The van der Waals surface area contributed by atoms with E-state index in [1.54, 1.807) is 0 Å². The first kappa shape index (κ1) is 7.12. The van der Waals surface area contributed by atoms with Crippen molar-refractivity contribution in [2.24, 2.45) is 0 Å². The minimum absolute atomic E-state index is 0.148. The van der Waals surface area contributed by atoms with Crippen LogP contribution in [0.15, 0.2) is 12.0 Å². The van der Waals surface area contributed by atoms with Crippen molar-refractivity contribution in [2.75, 3.05) is 0 Å². The fourth-order valence-electron chi connectivity index (χ4n) is 0.927. The Balaban J connectivity index is 2.59. The molecule has 0 aliphatic carbocycles. The van der Waals surface area contributed by atoms with Crippen molar-refractivity contribution in [1.29, 1.82) is 0 Å². The number of rotatable bonds is 1. The van der Waals surface area contributed by atoms with Gasteiger partial charge >= 0.3 is 0 Å². The summed E-state index contributed by atoms with van der Waals surface area (Å²) in [5.41, 5.74) is 0. The van der Waals surface area contributed by atoms with Crippen LogP contribution < -0.4 is 5.32 Å². The standard InChI is InChI=1S/C7H11NO2/c1-2-5-3-6(9)7(10)4-8-5/h4-5,8,10H,2-3H2,1H3. The molecule has 0 aromatic carbocycles. The Labute approximate surface area is 59.7 Å². The summed E-state index contributed by atoms with van der Waals surface area (Å²) in [6, 6.07) is 0.211. The molecule has 2 N–H and O–H groups in total. The van der Waals surface area contributed by atoms with Gasteiger partial charge in [-0.15, -0.1) is 0 Å². The van der Waals surface area contributed by atoms with Crippen LogP contribution in [0.1, 0.15) is 19.8 Å². The summed E-state index contributed by atoms with van der Waals surface area (Å²) in [6.07, 6.45) is 2.70. The molecule has 3 nitrogen and oxygen atoms in total. The average molecular weight is 141 g/mol. The molecule has 1 heterocycles. The van der Waals surface area contributed by atoms with E-state index in [0.717, 1.165) is 6.42 Å². The third-order valence-corrected chi connectivity index (χ3v) is 1.67. The highest BCUT2D eigenvalue weighted by molar-refractivity contribution is 5.94. The number of carbonyl (C=O) groups excluding carboxylic acids is 1. The first-order chi connectivity index (χ1) is 4.74. The molecule has 0 aromatic rings. The van der Waals surface area contributed by atoms with Gasteiger partial charge in [-0.1, -0.05) is 6.92 Å². The number of aliphatic hydroxyl groups is 1. The summed E-state index contributed by atoms with van der Waals surface area (Å²) < 4.78 is 0. The van der Waals surface area contributed by atoms with Gasteiger partial charge in [0, 0.05) is 18.7 Å². The zero-order valence-electron chi connectivity index (χ0n) is 5.92. The number of aliphatic hydroxyl groups excluding tert-OH is 1. The lowest BCUT2D eigenvalue weighted by Gasteiger charge is -2.18. The lowest BCUT2D eigenvalue weighted by Crippen LogP contribution is -2.32. The Hall–Kier alpha value is -0.990. The third-order valence-electron chi connectivity index (χ3n) is 1.67. The minimum atomic E-state index is -0.161. The lowest BCUT2D eigenvalue weighted by atomic mass is 10.0. The second-order valence-electron chi connectivity index (χ2n) is 2.43. The first-order valence-electron chi connectivity index (χ1n) is 3.42. The highest BCUT2D eigenvalue weighted by Gasteiger charge is 2.18. The Morgan fingerprint density at radius 3 is 3.10 bits per heavy atom. The molecule has 0 amide bonds. The third kappa shape index (κ3) is 1.29. The first-order valence-corrected chi connectivity index (χ1v) is 3.42. The van der Waals surface area contributed by atoms with Gasteiger partial charge in [0.05, 0.1) is 0 Å². The predicted molar refractivity (Wildman–Crippen MR) is 37.6 cm³/mol. The van der Waals surface area contributed by atoms with Gasteiger partial charge in [0.2, 0.25) is 5.78 Å². The van der Waals surface area contributed by atoms with Crippen LogP contribution in [0, 0.1) is 0 Å². The maximum Gasteiger partial charge on any atom is 0.200 e. The summed E-state index contributed by atoms with van der Waals surface area (Å²) >= 11 is 0. The number of ketones is 1. The van der Waals surface area contributed by atoms with Crippen LogP contribution in [0.3, 0.4) is 0 Å². The van der Waals surface area contributed by atoms with Gasteiger partial charge in [0.25, 0.3) is 0 Å². The zero-order valence-corrected chi connectivity index (χ0v) is 5.92. The smallest absolute Gasteiger partial charge is 0.200 e. The molecule has 0 saturated heterocycles. The van der Waals surface area contributed by atoms with Crippen LogP contribution in [0.5, 0.6) is 0 Å². The van der Waals surface area contributed by atoms with Crippen molar-refractivity contribution in [2.45, 2.75) is 25.8 Å². The quantitative estimate of drug-likeness (QED) is 0.566. The van der Waals surface area contributed by atoms with Crippen LogP contribution in [0.25, 0.3) is 0 Å². The Bertz CT molecular complexity index is 174. The van der Waals surface area contributed by atoms with Gasteiger partial charge in [-0.05, 0) is 6.42 Å². The molecular formula is C7H11NO2. The van der Waals surface area contributed by atoms with Gasteiger partial charge in [-0.25, -0.2) is 0 Å². The van der Waals surface area contributed by atoms with Crippen molar-refractivity contribution in [3.05, 3.63) is 12.0 Å². The monoisotopic (exact) mass is 141 g/mol. The van der Waals surface area contributed by atoms with Crippen LogP contribution >= 0.6 is 0 Å². The van der Waals surface area contributed by atoms with E-state index in [-0.39, 0.29) is 17.6 Å². The molecule has 1 rings (SSSR count). The van der Waals surface area contributed by atoms with Gasteiger partial charge in [0.1, 0.15) is 0 Å². The van der Waals surface area contributed by atoms with E-state index in [9.17, 15) is 4.79 Å². The topological polar surface area (TPSA) is 49.3 Å². The molecule has 10 heavy (non-hydrogen) atoms. The van der Waals surface area contributed by atoms with Crippen molar-refractivity contribution in [3.63, 3.8) is 0 Å². The molecule has 0 fully saturated rings. The largest absolute Gasteiger partial charge is 0.503 e. The molecule has 0 spiro atoms. The van der Waals surface area contributed by atoms with E-state index in [0.29, 0.717) is 6.42 Å². The molecule has 0 radical (unpaired) electrons. The lowest BCUT2D eigenvalue weighted by molar-refractivity contribution is -0.119. The van der Waals surface area contributed by atoms with E-state index >= 15 is 0 Å². The summed E-state index contributed by atoms with van der Waals surface area (Å²) in [4.78, 5) is 10.8. The predicted octanol–water partition coefficient (Wildman–Crippen LogP) is 0.727. The second kappa shape index (κ2) is 2.73. The number of hydrogen-bond acceptors (Lipinski definition) is 3. The van der Waals surface area contributed by atoms with E-state index in [1.165, 1.54) is 6.20 Å². The van der Waals surface area contributed by atoms with Gasteiger partial charge < -0.3 is 10.4 Å². The molecule has 0 aromatic heterocycles. The van der Waals surface area contributed by atoms with Gasteiger partial charge in [-0.2, -0.15) is 0 Å². The number of Topliss-reactive ketones (excluding diaryl/α,β-unsaturated/α-hetero) is 1. The average Bonchev–Trinajstić information content (AvgIpc) is 1.95. The molecule has 1 aliphatic rings. The maximum atomic E-state index is 10.8. The number of nitrogens with one attached hydrogen (secondary N) is 1. The SMILES string of the molecule is CCC1CC(=O)C(O)=CN1. The van der Waals surface area contributed by atoms with Gasteiger partial charge in [-0.3, -0.25) is 4.79 Å². The molecule has 1 atom stereocenters. The van der Waals surface area contributed by atoms with Crippen LogP contribution in [0.2, 0.25) is 0 Å². The molecule has 0 bridgehead atoms. The Morgan fingerprint density at radius 1 is 1.90 bits per heavy atom. The number of hydrogen-bond donors (Lipinski definition) is 2. The molecule has 1 unspecified atom stereocenters. The minimum Gasteiger partial charge on any atom is -0.503 e. The fourth-order valence-corrected chi connectivity index (χ4v) is 0.927. The summed E-state index contributed by atoms with van der Waals surface area (Å²) in [5, 5.41) is 11.8. The van der Waals surface area contributed by atoms with Crippen molar-refractivity contribution < 1.29 is 9.90 Å². The molecule has 56 valence electrons. The highest BCUT2D eigenvalue weighted by atomic mass is 16.3. The number of allylic oxidation sites excluding steroid dienone is 1. The van der Waals surface area contributed by atoms with E-state index in [2.05, 4.69) is 5.32 Å². The molecule has 3 heteroatoms. The molecule has 0 saturated carbocycles. The summed E-state index contributed by atoms with van der Waals surface area (Å²) in [6.45, 7) is 2.00. The summed E-state index contributed by atoms with van der Waals surface area (Å²) in [7, 11) is 0. The van der Waals surface area contributed by atoms with Gasteiger partial charge in [0.15, 0.2) is 5.76 Å². The van der Waals surface area contributed by atoms with Crippen molar-refractivity contribution in [1.82, 2.24) is 5.32 Å². The maximum absolute atomic E-state index is 10.8. The fraction of sp³-hybridized carbons (Fsp3) is 0.571. The Morgan fingerprint density at radius 2 is 2.60 bits per heavy atom. The van der Waals surface area contributed by atoms with E-state index < -0.39 is 0 Å². The molecular weight excluding hydrogens is 130 g/mol. The summed E-state index contributed by atoms with van der Waals surface area (Å²) in [5.74, 6) is -0.310. The Kier molecular flexibility index (Phi) is 1.94.